The molecule has 4 heterocycles. The molecule has 8 rings (SSSR count). The zero-order valence-electron chi connectivity index (χ0n) is 30.1. The van der Waals surface area contributed by atoms with Gasteiger partial charge >= 0.3 is 0 Å². The van der Waals surface area contributed by atoms with Crippen LogP contribution in [0.4, 0.5) is 21.5 Å². The highest BCUT2D eigenvalue weighted by Gasteiger charge is 2.45. The molecule has 3 fully saturated rings. The summed E-state index contributed by atoms with van der Waals surface area (Å²) in [7, 11) is 0. The fraction of sp³-hybridized carbons (Fsp3) is 0.390. The highest BCUT2D eigenvalue weighted by atomic mass is 19.1. The minimum absolute atomic E-state index is 0.0867. The van der Waals surface area contributed by atoms with Crippen molar-refractivity contribution < 1.29 is 28.0 Å². The fourth-order valence-corrected chi connectivity index (χ4v) is 7.92. The number of nitrogens with one attached hydrogen (secondary N) is 1. The predicted molar refractivity (Wildman–Crippen MR) is 195 cm³/mol. The first kappa shape index (κ1) is 34.5. The van der Waals surface area contributed by atoms with Crippen LogP contribution in [0.25, 0.3) is 11.1 Å². The molecule has 12 heteroatoms. The smallest absolute Gasteiger partial charge is 0.255 e. The molecule has 3 aliphatic heterocycles. The lowest BCUT2D eigenvalue weighted by atomic mass is 9.97. The Bertz CT molecular complexity index is 2140. The average molecular weight is 717 g/mol. The van der Waals surface area contributed by atoms with E-state index in [0.717, 1.165) is 64.3 Å². The molecule has 1 atom stereocenters. The number of nitrogens with zero attached hydrogens (tertiary/aromatic N) is 5. The second kappa shape index (κ2) is 13.5. The minimum atomic E-state index is -0.746. The molecule has 1 unspecified atom stereocenters. The Hall–Kier alpha value is -5.54. The molecule has 3 amide bonds. The standard InChI is InChI=1S/C41H41FN6O5/c1-24-5-6-27(38-25(2)45-53-26(38)3)18-35(24)47(30-9-7-29(8-10-30)41(23-43)13-14-41)15-4-16-52-31-21-46(22-31)36-19-32-28(17-33(36)42)20-48(40(32)51)34-11-12-37(49)44-39(34)50/h5-10,17-19,31,34H,4,11-16,20-22H2,1-3H3,(H,44,49,50). The van der Waals surface area contributed by atoms with Gasteiger partial charge in [-0.25, -0.2) is 4.39 Å². The number of hydrogen-bond acceptors (Lipinski definition) is 9. The number of rotatable bonds is 11. The topological polar surface area (TPSA) is 132 Å². The quantitative estimate of drug-likeness (QED) is 0.143. The first-order valence-corrected chi connectivity index (χ1v) is 18.2. The van der Waals surface area contributed by atoms with Gasteiger partial charge in [0.1, 0.15) is 17.6 Å². The lowest BCUT2D eigenvalue weighted by Crippen LogP contribution is -2.53. The Labute approximate surface area is 307 Å². The largest absolute Gasteiger partial charge is 0.374 e. The SMILES string of the molecule is Cc1ccc(-c2c(C)noc2C)cc1N(CCCOC1CN(c2cc3c(cc2F)CN(C2CCC(=O)NC2=O)C3=O)C1)c1ccc(C2(C#N)CC2)cc1. The number of anilines is 3. The molecule has 1 N–H and O–H groups in total. The molecule has 53 heavy (non-hydrogen) atoms. The molecular formula is C41H41FN6O5. The monoisotopic (exact) mass is 716 g/mol. The highest BCUT2D eigenvalue weighted by Crippen LogP contribution is 2.48. The molecule has 0 spiro atoms. The van der Waals surface area contributed by atoms with Gasteiger partial charge in [0.15, 0.2) is 0 Å². The van der Waals surface area contributed by atoms with Crippen LogP contribution in [0.2, 0.25) is 0 Å². The van der Waals surface area contributed by atoms with Crippen molar-refractivity contribution in [2.45, 2.75) is 77.0 Å². The van der Waals surface area contributed by atoms with Crippen molar-refractivity contribution in [3.63, 3.8) is 0 Å². The summed E-state index contributed by atoms with van der Waals surface area (Å²) in [6.45, 7) is 8.25. The molecule has 272 valence electrons. The number of hydrogen-bond donors (Lipinski definition) is 1. The molecule has 0 bridgehead atoms. The number of carbonyl (C=O) groups excluding carboxylic acids is 3. The molecule has 3 aromatic carbocycles. The number of carbonyl (C=O) groups is 3. The Morgan fingerprint density at radius 1 is 1.08 bits per heavy atom. The van der Waals surface area contributed by atoms with E-state index in [2.05, 4.69) is 70.8 Å². The number of halogens is 1. The summed E-state index contributed by atoms with van der Waals surface area (Å²) >= 11 is 0. The van der Waals surface area contributed by atoms with Crippen molar-refractivity contribution in [2.24, 2.45) is 0 Å². The minimum Gasteiger partial charge on any atom is -0.374 e. The van der Waals surface area contributed by atoms with Crippen LogP contribution in [0, 0.1) is 37.9 Å². The van der Waals surface area contributed by atoms with Crippen molar-refractivity contribution in [1.82, 2.24) is 15.4 Å². The average Bonchev–Trinajstić information content (AvgIpc) is 3.78. The molecule has 1 aromatic heterocycles. The summed E-state index contributed by atoms with van der Waals surface area (Å²) < 4.78 is 27.1. The number of benzene rings is 3. The number of amides is 3. The van der Waals surface area contributed by atoms with Crippen LogP contribution in [-0.2, 0) is 26.3 Å². The summed E-state index contributed by atoms with van der Waals surface area (Å²) in [6.07, 6.45) is 2.84. The summed E-state index contributed by atoms with van der Waals surface area (Å²) in [6, 6.07) is 19.4. The van der Waals surface area contributed by atoms with E-state index >= 15 is 4.39 Å². The van der Waals surface area contributed by atoms with Gasteiger partial charge in [0, 0.05) is 61.7 Å². The molecule has 4 aromatic rings. The van der Waals surface area contributed by atoms with Gasteiger partial charge in [-0.3, -0.25) is 19.7 Å². The molecule has 1 saturated carbocycles. The van der Waals surface area contributed by atoms with E-state index < -0.39 is 17.8 Å². The third-order valence-electron chi connectivity index (χ3n) is 11.2. The maximum atomic E-state index is 15.3. The van der Waals surface area contributed by atoms with Crippen LogP contribution in [0.3, 0.4) is 0 Å². The van der Waals surface area contributed by atoms with Crippen molar-refractivity contribution >= 4 is 34.8 Å². The van der Waals surface area contributed by atoms with E-state index in [1.54, 1.807) is 6.07 Å². The van der Waals surface area contributed by atoms with Gasteiger partial charge in [-0.2, -0.15) is 5.26 Å². The summed E-state index contributed by atoms with van der Waals surface area (Å²) in [5.41, 5.74) is 8.01. The summed E-state index contributed by atoms with van der Waals surface area (Å²) in [4.78, 5) is 42.9. The van der Waals surface area contributed by atoms with Crippen molar-refractivity contribution in [3.8, 4) is 17.2 Å². The number of piperidine rings is 1. The predicted octanol–water partition coefficient (Wildman–Crippen LogP) is 6.16. The van der Waals surface area contributed by atoms with Crippen LogP contribution in [-0.4, -0.2) is 66.2 Å². The van der Waals surface area contributed by atoms with E-state index in [9.17, 15) is 19.6 Å². The van der Waals surface area contributed by atoms with Crippen LogP contribution >= 0.6 is 0 Å². The van der Waals surface area contributed by atoms with Gasteiger partial charge in [-0.05, 0) is 99.0 Å². The fourth-order valence-electron chi connectivity index (χ4n) is 7.92. The van der Waals surface area contributed by atoms with Gasteiger partial charge < -0.3 is 24.0 Å². The Morgan fingerprint density at radius 3 is 2.53 bits per heavy atom. The molecule has 4 aliphatic rings. The van der Waals surface area contributed by atoms with Gasteiger partial charge in [0.25, 0.3) is 5.91 Å². The third-order valence-corrected chi connectivity index (χ3v) is 11.2. The number of nitriles is 1. The maximum Gasteiger partial charge on any atom is 0.255 e. The zero-order valence-corrected chi connectivity index (χ0v) is 30.1. The van der Waals surface area contributed by atoms with E-state index in [1.165, 1.54) is 11.0 Å². The zero-order chi connectivity index (χ0) is 37.0. The lowest BCUT2D eigenvalue weighted by Gasteiger charge is -2.41. The Morgan fingerprint density at radius 2 is 1.85 bits per heavy atom. The molecule has 0 radical (unpaired) electrons. The number of ether oxygens (including phenoxy) is 1. The number of fused-ring (bicyclic) bond motifs is 1. The van der Waals surface area contributed by atoms with Crippen molar-refractivity contribution in [2.75, 3.05) is 36.0 Å². The Balaban J connectivity index is 0.924. The second-order valence-corrected chi connectivity index (χ2v) is 14.7. The van der Waals surface area contributed by atoms with Crippen LogP contribution in [0.1, 0.15) is 70.6 Å². The second-order valence-electron chi connectivity index (χ2n) is 14.7. The van der Waals surface area contributed by atoms with E-state index in [0.29, 0.717) is 43.1 Å². The van der Waals surface area contributed by atoms with E-state index in [-0.39, 0.29) is 42.7 Å². The van der Waals surface area contributed by atoms with Crippen LogP contribution in [0.15, 0.2) is 59.1 Å². The lowest BCUT2D eigenvalue weighted by molar-refractivity contribution is -0.136. The van der Waals surface area contributed by atoms with E-state index in [1.807, 2.05) is 18.7 Å². The molecule has 11 nitrogen and oxygen atoms in total. The Kier molecular flexibility index (Phi) is 8.77. The third kappa shape index (κ3) is 6.33. The molecule has 2 saturated heterocycles. The van der Waals surface area contributed by atoms with Gasteiger partial charge in [-0.15, -0.1) is 0 Å². The van der Waals surface area contributed by atoms with Crippen molar-refractivity contribution in [3.05, 3.63) is 94.1 Å². The number of aromatic nitrogens is 1. The summed E-state index contributed by atoms with van der Waals surface area (Å²) in [5, 5.41) is 16.2. The molecular weight excluding hydrogens is 675 g/mol. The van der Waals surface area contributed by atoms with Crippen LogP contribution in [0.5, 0.6) is 0 Å². The first-order valence-electron chi connectivity index (χ1n) is 18.2. The number of aryl methyl sites for hydroxylation is 3. The highest BCUT2D eigenvalue weighted by molar-refractivity contribution is 6.05. The van der Waals surface area contributed by atoms with Gasteiger partial charge in [-0.1, -0.05) is 29.4 Å². The number of imide groups is 1. The summed E-state index contributed by atoms with van der Waals surface area (Å²) in [5.74, 6) is -0.817. The van der Waals surface area contributed by atoms with E-state index in [4.69, 9.17) is 9.26 Å². The van der Waals surface area contributed by atoms with Gasteiger partial charge in [0.05, 0.1) is 29.0 Å². The van der Waals surface area contributed by atoms with Gasteiger partial charge in [0.2, 0.25) is 11.8 Å². The normalized spacial score (nSPS) is 19.2. The first-order chi connectivity index (χ1) is 25.5. The molecule has 1 aliphatic carbocycles. The van der Waals surface area contributed by atoms with Crippen molar-refractivity contribution in [1.29, 1.82) is 5.26 Å². The maximum absolute atomic E-state index is 15.3. The van der Waals surface area contributed by atoms with Crippen LogP contribution < -0.4 is 15.1 Å².